The summed E-state index contributed by atoms with van der Waals surface area (Å²) in [7, 11) is 0. The van der Waals surface area contributed by atoms with Crippen LogP contribution in [0.1, 0.15) is 24.0 Å². The molecule has 0 spiro atoms. The van der Waals surface area contributed by atoms with E-state index in [0.717, 1.165) is 48.7 Å². The third kappa shape index (κ3) is 6.12. The average Bonchev–Trinajstić information content (AvgIpc) is 2.87. The number of nitrogens with zero attached hydrogens (tertiary/aromatic N) is 3. The number of piperidine rings is 1. The van der Waals surface area contributed by atoms with Gasteiger partial charge in [0.25, 0.3) is 0 Å². The molecule has 4 rings (SSSR count). The number of nitrogens with two attached hydrogens (primary N) is 1. The number of hydrogen-bond acceptors (Lipinski definition) is 6. The smallest absolute Gasteiger partial charge is 0.0683 e. The van der Waals surface area contributed by atoms with E-state index in [1.54, 1.807) is 24.2 Å². The lowest BCUT2D eigenvalue weighted by Crippen LogP contribution is -2.46. The fourth-order valence-electron chi connectivity index (χ4n) is 4.76. The monoisotopic (exact) mass is 514 g/mol. The van der Waals surface area contributed by atoms with E-state index in [2.05, 4.69) is 91.0 Å². The molecule has 1 fully saturated rings. The van der Waals surface area contributed by atoms with E-state index in [-0.39, 0.29) is 5.41 Å². The molecule has 1 unspecified atom stereocenters. The molecular formula is C30H34N4S2. The zero-order valence-electron chi connectivity index (χ0n) is 21.1. The molecule has 186 valence electrons. The van der Waals surface area contributed by atoms with Crippen molar-refractivity contribution in [3.63, 3.8) is 0 Å². The van der Waals surface area contributed by atoms with Crippen molar-refractivity contribution in [2.45, 2.75) is 31.6 Å². The summed E-state index contributed by atoms with van der Waals surface area (Å²) in [6.07, 6.45) is 7.50. The Morgan fingerprint density at radius 2 is 1.97 bits per heavy atom. The molecule has 0 amide bonds. The Morgan fingerprint density at radius 1 is 1.17 bits per heavy atom. The van der Waals surface area contributed by atoms with Crippen LogP contribution in [0.25, 0.3) is 0 Å². The van der Waals surface area contributed by atoms with Crippen molar-refractivity contribution in [3.8, 4) is 0 Å². The number of aryl methyl sites for hydroxylation is 2. The molecule has 2 aromatic carbocycles. The average molecular weight is 515 g/mol. The number of rotatable bonds is 8. The summed E-state index contributed by atoms with van der Waals surface area (Å²) in [4.78, 5) is 10.1. The third-order valence-electron chi connectivity index (χ3n) is 6.73. The SMILES string of the molecule is C=N/C=C\SCC(=C)C12CC(=CN)C(=Nc3ccc(C)cc3)C=C1CCN(Sc1cccc(C)c1)C2. The summed E-state index contributed by atoms with van der Waals surface area (Å²) in [5, 5.41) is 1.98. The molecule has 0 bridgehead atoms. The van der Waals surface area contributed by atoms with Gasteiger partial charge in [0.15, 0.2) is 0 Å². The first-order valence-electron chi connectivity index (χ1n) is 12.1. The van der Waals surface area contributed by atoms with Crippen molar-refractivity contribution >= 4 is 41.8 Å². The maximum absolute atomic E-state index is 6.21. The van der Waals surface area contributed by atoms with Crippen molar-refractivity contribution in [2.24, 2.45) is 21.1 Å². The normalized spacial score (nSPS) is 22.6. The maximum Gasteiger partial charge on any atom is 0.0683 e. The molecule has 2 aromatic rings. The Morgan fingerprint density at radius 3 is 2.69 bits per heavy atom. The lowest BCUT2D eigenvalue weighted by atomic mass is 9.64. The van der Waals surface area contributed by atoms with Crippen LogP contribution >= 0.6 is 23.7 Å². The summed E-state index contributed by atoms with van der Waals surface area (Å²) in [6, 6.07) is 17.0. The van der Waals surface area contributed by atoms with Crippen LogP contribution in [0.15, 0.2) is 111 Å². The predicted octanol–water partition coefficient (Wildman–Crippen LogP) is 7.41. The van der Waals surface area contributed by atoms with E-state index < -0.39 is 0 Å². The summed E-state index contributed by atoms with van der Waals surface area (Å²) in [6.45, 7) is 14.2. The molecule has 0 aromatic heterocycles. The third-order valence-corrected chi connectivity index (χ3v) is 8.59. The van der Waals surface area contributed by atoms with Crippen LogP contribution in [0, 0.1) is 19.3 Å². The largest absolute Gasteiger partial charge is 0.404 e. The van der Waals surface area contributed by atoms with Gasteiger partial charge in [-0.2, -0.15) is 0 Å². The van der Waals surface area contributed by atoms with Crippen LogP contribution in [0.5, 0.6) is 0 Å². The van der Waals surface area contributed by atoms with Crippen molar-refractivity contribution in [3.05, 3.63) is 107 Å². The first-order chi connectivity index (χ1) is 17.4. The Balaban J connectivity index is 1.68. The first kappa shape index (κ1) is 26.3. The molecule has 1 saturated heterocycles. The molecule has 6 heteroatoms. The van der Waals surface area contributed by atoms with Crippen LogP contribution in [0.3, 0.4) is 0 Å². The Labute approximate surface area is 224 Å². The lowest BCUT2D eigenvalue weighted by Gasteiger charge is -2.48. The summed E-state index contributed by atoms with van der Waals surface area (Å²) in [5.74, 6) is 0.814. The van der Waals surface area contributed by atoms with Gasteiger partial charge in [-0.15, -0.1) is 11.8 Å². The first-order valence-corrected chi connectivity index (χ1v) is 13.9. The topological polar surface area (TPSA) is 54.0 Å². The predicted molar refractivity (Wildman–Crippen MR) is 159 cm³/mol. The van der Waals surface area contributed by atoms with E-state index in [0.29, 0.717) is 0 Å². The van der Waals surface area contributed by atoms with Gasteiger partial charge in [-0.05, 0) is 98.4 Å². The van der Waals surface area contributed by atoms with Gasteiger partial charge in [0.2, 0.25) is 0 Å². The van der Waals surface area contributed by atoms with Gasteiger partial charge in [0.05, 0.1) is 11.4 Å². The molecule has 2 N–H and O–H groups in total. The van der Waals surface area contributed by atoms with Gasteiger partial charge in [0.1, 0.15) is 0 Å². The summed E-state index contributed by atoms with van der Waals surface area (Å²) in [5.41, 5.74) is 14.1. The van der Waals surface area contributed by atoms with E-state index in [4.69, 9.17) is 10.7 Å². The highest BCUT2D eigenvalue weighted by Gasteiger charge is 2.45. The van der Waals surface area contributed by atoms with Crippen molar-refractivity contribution < 1.29 is 0 Å². The van der Waals surface area contributed by atoms with Crippen LogP contribution in [0.4, 0.5) is 5.69 Å². The van der Waals surface area contributed by atoms with E-state index in [1.807, 2.05) is 17.4 Å². The molecule has 1 aliphatic heterocycles. The van der Waals surface area contributed by atoms with Crippen molar-refractivity contribution in [1.82, 2.24) is 4.31 Å². The fraction of sp³-hybridized carbons (Fsp3) is 0.267. The molecule has 36 heavy (non-hydrogen) atoms. The number of hydrogen-bond donors (Lipinski definition) is 1. The standard InChI is InChI=1S/C30H34N4S2/c1-22-8-10-27(11-9-22)33-29-17-26-12-14-34(36-28-7-5-6-23(2)16-28)21-30(26,18-25(29)19-31)24(3)20-35-15-13-32-4/h5-11,13,15-17,19H,3-4,12,14,18,20-21,31H2,1-2H3/b15-13-,25-19?,33-29?. The molecule has 1 aliphatic carbocycles. The Kier molecular flexibility index (Phi) is 8.72. The molecule has 0 saturated carbocycles. The highest BCUT2D eigenvalue weighted by molar-refractivity contribution is 8.02. The molecule has 1 atom stereocenters. The van der Waals surface area contributed by atoms with E-state index >= 15 is 0 Å². The number of aliphatic imine (C=N–C) groups is 2. The van der Waals surface area contributed by atoms with Crippen molar-refractivity contribution in [2.75, 3.05) is 18.8 Å². The van der Waals surface area contributed by atoms with Gasteiger partial charge in [-0.25, -0.2) is 9.30 Å². The second-order valence-electron chi connectivity index (χ2n) is 9.36. The second-order valence-corrected chi connectivity index (χ2v) is 11.4. The second kappa shape index (κ2) is 12.0. The van der Waals surface area contributed by atoms with Gasteiger partial charge < -0.3 is 5.73 Å². The number of fused-ring (bicyclic) bond motifs is 1. The number of allylic oxidation sites excluding steroid dienone is 2. The van der Waals surface area contributed by atoms with Gasteiger partial charge >= 0.3 is 0 Å². The quantitative estimate of drug-likeness (QED) is 0.226. The Bertz CT molecular complexity index is 1240. The maximum atomic E-state index is 6.21. The van der Waals surface area contributed by atoms with Crippen LogP contribution in [-0.4, -0.2) is 35.6 Å². The minimum absolute atomic E-state index is 0.185. The van der Waals surface area contributed by atoms with Gasteiger partial charge in [0, 0.05) is 35.4 Å². The molecule has 2 aliphatic rings. The summed E-state index contributed by atoms with van der Waals surface area (Å²) < 4.78 is 2.49. The molecule has 1 heterocycles. The number of benzene rings is 2. The zero-order chi connectivity index (χ0) is 25.5. The van der Waals surface area contributed by atoms with Gasteiger partial charge in [-0.3, -0.25) is 4.99 Å². The lowest BCUT2D eigenvalue weighted by molar-refractivity contribution is 0.265. The summed E-state index contributed by atoms with van der Waals surface area (Å²) >= 11 is 3.54. The Hall–Kier alpha value is -2.80. The molecular weight excluding hydrogens is 480 g/mol. The molecule has 0 radical (unpaired) electrons. The highest BCUT2D eigenvalue weighted by atomic mass is 32.2. The van der Waals surface area contributed by atoms with Gasteiger partial charge in [-0.1, -0.05) is 47.6 Å². The molecule has 4 nitrogen and oxygen atoms in total. The zero-order valence-corrected chi connectivity index (χ0v) is 22.7. The van der Waals surface area contributed by atoms with Crippen LogP contribution in [0.2, 0.25) is 0 Å². The highest BCUT2D eigenvalue weighted by Crippen LogP contribution is 2.51. The minimum atomic E-state index is -0.185. The van der Waals surface area contributed by atoms with E-state index in [9.17, 15) is 0 Å². The number of thioether (sulfide) groups is 1. The minimum Gasteiger partial charge on any atom is -0.404 e. The fourth-order valence-corrected chi connectivity index (χ4v) is 6.65. The van der Waals surface area contributed by atoms with Crippen molar-refractivity contribution in [1.29, 1.82) is 0 Å². The van der Waals surface area contributed by atoms with Crippen LogP contribution < -0.4 is 5.73 Å². The van der Waals surface area contributed by atoms with E-state index in [1.165, 1.54) is 27.2 Å². The van der Waals surface area contributed by atoms with Crippen LogP contribution in [-0.2, 0) is 0 Å².